The first kappa shape index (κ1) is 18.4. The Bertz CT molecular complexity index is 944. The molecule has 3 aromatic rings. The molecular formula is C21H22N4O2. The molecule has 6 nitrogen and oxygen atoms in total. The Labute approximate surface area is 158 Å². The van der Waals surface area contributed by atoms with Gasteiger partial charge < -0.3 is 20.9 Å². The van der Waals surface area contributed by atoms with Crippen LogP contribution in [-0.4, -0.2) is 25.2 Å². The van der Waals surface area contributed by atoms with Gasteiger partial charge in [0.1, 0.15) is 11.3 Å². The Balaban J connectivity index is 1.99. The standard InChI is InChI=1S/C21H22N4O2/c1-23-13-14-8-10-15(11-9-14)17(22)12-18-19(21(26)24-2)20(25-27-18)16-6-4-3-5-7-16/h3-12,23H,13,22H2,1-2H3,(H,24,26)/b17-12-. The van der Waals surface area contributed by atoms with Gasteiger partial charge in [0.2, 0.25) is 0 Å². The maximum Gasteiger partial charge on any atom is 0.257 e. The topological polar surface area (TPSA) is 93.2 Å². The van der Waals surface area contributed by atoms with Crippen LogP contribution in [0.2, 0.25) is 0 Å². The molecule has 0 unspecified atom stereocenters. The normalized spacial score (nSPS) is 11.4. The molecule has 0 aliphatic carbocycles. The second-order valence-corrected chi connectivity index (χ2v) is 6.04. The fourth-order valence-electron chi connectivity index (χ4n) is 2.78. The minimum Gasteiger partial charge on any atom is -0.398 e. The highest BCUT2D eigenvalue weighted by atomic mass is 16.5. The van der Waals surface area contributed by atoms with Gasteiger partial charge in [-0.15, -0.1) is 0 Å². The van der Waals surface area contributed by atoms with E-state index >= 15 is 0 Å². The van der Waals surface area contributed by atoms with Crippen LogP contribution in [0.4, 0.5) is 0 Å². The molecule has 4 N–H and O–H groups in total. The zero-order valence-corrected chi connectivity index (χ0v) is 15.3. The molecule has 0 saturated carbocycles. The summed E-state index contributed by atoms with van der Waals surface area (Å²) in [7, 11) is 3.47. The average Bonchev–Trinajstić information content (AvgIpc) is 3.12. The molecule has 3 rings (SSSR count). The number of carbonyl (C=O) groups is 1. The second-order valence-electron chi connectivity index (χ2n) is 6.04. The van der Waals surface area contributed by atoms with Crippen molar-refractivity contribution in [1.82, 2.24) is 15.8 Å². The van der Waals surface area contributed by atoms with Crippen molar-refractivity contribution in [3.8, 4) is 11.3 Å². The summed E-state index contributed by atoms with van der Waals surface area (Å²) >= 11 is 0. The summed E-state index contributed by atoms with van der Waals surface area (Å²) in [5, 5.41) is 9.84. The van der Waals surface area contributed by atoms with E-state index in [0.29, 0.717) is 22.7 Å². The molecule has 0 fully saturated rings. The lowest BCUT2D eigenvalue weighted by atomic mass is 10.0. The van der Waals surface area contributed by atoms with Gasteiger partial charge in [-0.2, -0.15) is 0 Å². The number of rotatable bonds is 6. The maximum atomic E-state index is 12.4. The lowest BCUT2D eigenvalue weighted by Crippen LogP contribution is -2.19. The number of nitrogens with zero attached hydrogens (tertiary/aromatic N) is 1. The summed E-state index contributed by atoms with van der Waals surface area (Å²) in [4.78, 5) is 12.4. The van der Waals surface area contributed by atoms with Crippen molar-refractivity contribution in [2.24, 2.45) is 5.73 Å². The fraction of sp³-hybridized carbons (Fsp3) is 0.143. The van der Waals surface area contributed by atoms with Crippen LogP contribution in [0.3, 0.4) is 0 Å². The van der Waals surface area contributed by atoms with Crippen LogP contribution in [-0.2, 0) is 6.54 Å². The third-order valence-electron chi connectivity index (χ3n) is 4.17. The van der Waals surface area contributed by atoms with E-state index in [9.17, 15) is 4.79 Å². The van der Waals surface area contributed by atoms with E-state index in [1.165, 1.54) is 0 Å². The zero-order valence-electron chi connectivity index (χ0n) is 15.3. The molecule has 0 bridgehead atoms. The predicted octanol–water partition coefficient (Wildman–Crippen LogP) is 2.88. The predicted molar refractivity (Wildman–Crippen MR) is 107 cm³/mol. The molecule has 0 radical (unpaired) electrons. The van der Waals surface area contributed by atoms with Crippen molar-refractivity contribution in [2.45, 2.75) is 6.54 Å². The van der Waals surface area contributed by atoms with Crippen molar-refractivity contribution < 1.29 is 9.32 Å². The second kappa shape index (κ2) is 8.33. The highest BCUT2D eigenvalue weighted by Gasteiger charge is 2.22. The van der Waals surface area contributed by atoms with Crippen molar-refractivity contribution in [1.29, 1.82) is 0 Å². The molecule has 0 aliphatic heterocycles. The Morgan fingerprint density at radius 3 is 2.44 bits per heavy atom. The van der Waals surface area contributed by atoms with Gasteiger partial charge in [0.05, 0.1) is 0 Å². The van der Waals surface area contributed by atoms with Crippen LogP contribution < -0.4 is 16.4 Å². The lowest BCUT2D eigenvalue weighted by molar-refractivity contribution is 0.0963. The first-order valence-corrected chi connectivity index (χ1v) is 8.62. The summed E-state index contributed by atoms with van der Waals surface area (Å²) in [5.74, 6) is 0.0449. The third kappa shape index (κ3) is 4.07. The lowest BCUT2D eigenvalue weighted by Gasteiger charge is -2.05. The zero-order chi connectivity index (χ0) is 19.2. The molecule has 1 amide bonds. The van der Waals surface area contributed by atoms with E-state index in [4.69, 9.17) is 10.3 Å². The van der Waals surface area contributed by atoms with E-state index in [0.717, 1.165) is 23.2 Å². The monoisotopic (exact) mass is 362 g/mol. The van der Waals surface area contributed by atoms with Gasteiger partial charge in [0.15, 0.2) is 5.76 Å². The van der Waals surface area contributed by atoms with E-state index in [1.54, 1.807) is 13.1 Å². The molecule has 1 heterocycles. The van der Waals surface area contributed by atoms with Gasteiger partial charge in [-0.05, 0) is 18.2 Å². The van der Waals surface area contributed by atoms with Gasteiger partial charge in [-0.25, -0.2) is 0 Å². The van der Waals surface area contributed by atoms with Crippen LogP contribution in [0.15, 0.2) is 59.1 Å². The summed E-state index contributed by atoms with van der Waals surface area (Å²) in [5.41, 5.74) is 10.4. The number of carbonyl (C=O) groups excluding carboxylic acids is 1. The molecule has 0 aliphatic rings. The molecule has 1 aromatic heterocycles. The summed E-state index contributed by atoms with van der Waals surface area (Å²) in [6.07, 6.45) is 1.64. The van der Waals surface area contributed by atoms with Crippen LogP contribution >= 0.6 is 0 Å². The summed E-state index contributed by atoms with van der Waals surface area (Å²) in [6.45, 7) is 0.785. The fourth-order valence-corrected chi connectivity index (χ4v) is 2.78. The molecular weight excluding hydrogens is 340 g/mol. The smallest absolute Gasteiger partial charge is 0.257 e. The first-order valence-electron chi connectivity index (χ1n) is 8.62. The molecule has 0 spiro atoms. The van der Waals surface area contributed by atoms with Crippen molar-refractivity contribution in [3.63, 3.8) is 0 Å². The third-order valence-corrected chi connectivity index (χ3v) is 4.17. The van der Waals surface area contributed by atoms with Crippen LogP contribution in [0.5, 0.6) is 0 Å². The Morgan fingerprint density at radius 1 is 1.11 bits per heavy atom. The Kier molecular flexibility index (Phi) is 5.68. The van der Waals surface area contributed by atoms with E-state index < -0.39 is 0 Å². The molecule has 6 heteroatoms. The summed E-state index contributed by atoms with van der Waals surface area (Å²) < 4.78 is 5.45. The number of nitrogens with two attached hydrogens (primary N) is 1. The first-order chi connectivity index (χ1) is 13.1. The van der Waals surface area contributed by atoms with Gasteiger partial charge in [-0.1, -0.05) is 59.8 Å². The van der Waals surface area contributed by atoms with Gasteiger partial charge in [0.25, 0.3) is 5.91 Å². The Hall–Kier alpha value is -3.38. The van der Waals surface area contributed by atoms with Crippen molar-refractivity contribution in [3.05, 3.63) is 77.0 Å². The molecule has 0 atom stereocenters. The Morgan fingerprint density at radius 2 is 1.81 bits per heavy atom. The SMILES string of the molecule is CNCc1ccc(/C(N)=C/c2onc(-c3ccccc3)c2C(=O)NC)cc1. The van der Waals surface area contributed by atoms with Gasteiger partial charge >= 0.3 is 0 Å². The molecule has 27 heavy (non-hydrogen) atoms. The van der Waals surface area contributed by atoms with Crippen LogP contribution in [0.1, 0.15) is 27.2 Å². The van der Waals surface area contributed by atoms with Crippen LogP contribution in [0, 0.1) is 0 Å². The summed E-state index contributed by atoms with van der Waals surface area (Å²) in [6, 6.07) is 17.3. The number of benzene rings is 2. The minimum absolute atomic E-state index is 0.279. The van der Waals surface area contributed by atoms with Gasteiger partial charge in [0, 0.05) is 30.9 Å². The largest absolute Gasteiger partial charge is 0.398 e. The van der Waals surface area contributed by atoms with E-state index in [-0.39, 0.29) is 5.91 Å². The van der Waals surface area contributed by atoms with Gasteiger partial charge in [-0.3, -0.25) is 4.79 Å². The van der Waals surface area contributed by atoms with Crippen molar-refractivity contribution >= 4 is 17.7 Å². The van der Waals surface area contributed by atoms with Crippen LogP contribution in [0.25, 0.3) is 23.0 Å². The molecule has 138 valence electrons. The highest BCUT2D eigenvalue weighted by Crippen LogP contribution is 2.27. The number of hydrogen-bond donors (Lipinski definition) is 3. The molecule has 0 saturated heterocycles. The molecule has 2 aromatic carbocycles. The maximum absolute atomic E-state index is 12.4. The quantitative estimate of drug-likeness (QED) is 0.627. The number of amides is 1. The highest BCUT2D eigenvalue weighted by molar-refractivity contribution is 6.03. The number of nitrogens with one attached hydrogen (secondary N) is 2. The number of aromatic nitrogens is 1. The average molecular weight is 362 g/mol. The van der Waals surface area contributed by atoms with Crippen molar-refractivity contribution in [2.75, 3.05) is 14.1 Å². The minimum atomic E-state index is -0.279. The van der Waals surface area contributed by atoms with E-state index in [1.807, 2.05) is 61.6 Å². The number of hydrogen-bond acceptors (Lipinski definition) is 5. The van der Waals surface area contributed by atoms with E-state index in [2.05, 4.69) is 15.8 Å².